The number of methoxy groups -OCH3 is 1. The Morgan fingerprint density at radius 1 is 1.24 bits per heavy atom. The molecule has 1 atom stereocenters. The number of rotatable bonds is 5. The Kier molecular flexibility index (Phi) is 7.48. The Morgan fingerprint density at radius 3 is 2.47 bits per heavy atom. The average Bonchev–Trinajstić information content (AvgIpc) is 3.11. The van der Waals surface area contributed by atoms with Crippen molar-refractivity contribution in [3.63, 3.8) is 0 Å². The predicted octanol–water partition coefficient (Wildman–Crippen LogP) is 3.72. The van der Waals surface area contributed by atoms with Gasteiger partial charge in [0.05, 0.1) is 42.7 Å². The van der Waals surface area contributed by atoms with Crippen molar-refractivity contribution >= 4 is 68.6 Å². The lowest BCUT2D eigenvalue weighted by atomic mass is 9.96. The van der Waals surface area contributed by atoms with E-state index in [0.29, 0.717) is 33.5 Å². The summed E-state index contributed by atoms with van der Waals surface area (Å²) in [5.41, 5.74) is 2.14. The van der Waals surface area contributed by atoms with Crippen LogP contribution in [0, 0.1) is 7.14 Å². The molecule has 0 amide bonds. The minimum Gasteiger partial charge on any atom is -0.506 e. The van der Waals surface area contributed by atoms with Crippen LogP contribution in [-0.2, 0) is 9.53 Å². The van der Waals surface area contributed by atoms with E-state index in [9.17, 15) is 14.7 Å². The van der Waals surface area contributed by atoms with Crippen LogP contribution < -0.4 is 19.6 Å². The Hall–Kier alpha value is -2.19. The zero-order valence-electron chi connectivity index (χ0n) is 18.5. The van der Waals surface area contributed by atoms with Crippen LogP contribution in [0.15, 0.2) is 57.5 Å². The van der Waals surface area contributed by atoms with Gasteiger partial charge >= 0.3 is 5.97 Å². The van der Waals surface area contributed by atoms with Crippen molar-refractivity contribution in [3.8, 4) is 11.5 Å². The number of ether oxygens (including phenoxy) is 2. The van der Waals surface area contributed by atoms with E-state index in [1.807, 2.05) is 24.3 Å². The van der Waals surface area contributed by atoms with Gasteiger partial charge < -0.3 is 14.6 Å². The molecule has 2 aromatic carbocycles. The summed E-state index contributed by atoms with van der Waals surface area (Å²) in [5.74, 6) is 0.390. The SMILES string of the molecule is CCOC(=O)C1=C(C)N=c2sc(=Cc3cc(I)c(O)c(I)c3)c(=O)n2C1c1ccc(OC)cc1. The molecule has 10 heteroatoms. The molecular formula is C24H20I2N2O5S. The Bertz CT molecular complexity index is 1470. The molecule has 0 aliphatic carbocycles. The van der Waals surface area contributed by atoms with Crippen LogP contribution in [-0.4, -0.2) is 29.4 Å². The number of aromatic hydroxyl groups is 1. The smallest absolute Gasteiger partial charge is 0.338 e. The van der Waals surface area contributed by atoms with Gasteiger partial charge in [0.15, 0.2) is 4.80 Å². The lowest BCUT2D eigenvalue weighted by molar-refractivity contribution is -0.139. The van der Waals surface area contributed by atoms with E-state index in [0.717, 1.165) is 11.1 Å². The monoisotopic (exact) mass is 702 g/mol. The van der Waals surface area contributed by atoms with E-state index in [-0.39, 0.29) is 17.9 Å². The summed E-state index contributed by atoms with van der Waals surface area (Å²) in [6.07, 6.45) is 1.78. The molecule has 34 heavy (non-hydrogen) atoms. The van der Waals surface area contributed by atoms with E-state index in [1.165, 1.54) is 11.3 Å². The molecule has 176 valence electrons. The molecule has 1 aromatic heterocycles. The summed E-state index contributed by atoms with van der Waals surface area (Å²) < 4.78 is 14.0. The van der Waals surface area contributed by atoms with Crippen molar-refractivity contribution in [2.75, 3.05) is 13.7 Å². The normalized spacial score (nSPS) is 15.7. The molecule has 0 bridgehead atoms. The number of thiazole rings is 1. The predicted molar refractivity (Wildman–Crippen MR) is 147 cm³/mol. The molecule has 0 radical (unpaired) electrons. The molecule has 1 aliphatic heterocycles. The standard InChI is InChI=1S/C24H20I2N2O5S/c1-4-33-23(31)19-12(2)27-24-28(20(19)14-5-7-15(32-3)8-6-14)22(30)18(34-24)11-13-9-16(25)21(29)17(26)10-13/h5-11,20,29H,4H2,1-3H3. The highest BCUT2D eigenvalue weighted by molar-refractivity contribution is 14.1. The van der Waals surface area contributed by atoms with Gasteiger partial charge in [-0.15, -0.1) is 0 Å². The van der Waals surface area contributed by atoms with Gasteiger partial charge in [0.25, 0.3) is 5.56 Å². The average molecular weight is 702 g/mol. The summed E-state index contributed by atoms with van der Waals surface area (Å²) in [7, 11) is 1.58. The molecule has 0 spiro atoms. The van der Waals surface area contributed by atoms with Crippen LogP contribution >= 0.6 is 56.5 Å². The maximum absolute atomic E-state index is 13.6. The summed E-state index contributed by atoms with van der Waals surface area (Å²) >= 11 is 5.38. The second kappa shape index (κ2) is 10.2. The van der Waals surface area contributed by atoms with Gasteiger partial charge in [0.1, 0.15) is 11.5 Å². The largest absolute Gasteiger partial charge is 0.506 e. The fourth-order valence-electron chi connectivity index (χ4n) is 3.71. The van der Waals surface area contributed by atoms with E-state index >= 15 is 0 Å². The van der Waals surface area contributed by atoms with Crippen molar-refractivity contribution in [2.45, 2.75) is 19.9 Å². The Labute approximate surface area is 226 Å². The van der Waals surface area contributed by atoms with Crippen molar-refractivity contribution in [2.24, 2.45) is 4.99 Å². The number of carbonyl (C=O) groups is 1. The number of benzene rings is 2. The van der Waals surface area contributed by atoms with Gasteiger partial charge in [-0.2, -0.15) is 0 Å². The topological polar surface area (TPSA) is 90.1 Å². The van der Waals surface area contributed by atoms with Crippen LogP contribution in [0.5, 0.6) is 11.5 Å². The number of aromatic nitrogens is 1. The molecule has 2 heterocycles. The van der Waals surface area contributed by atoms with Gasteiger partial charge in [0, 0.05) is 0 Å². The third-order valence-corrected chi connectivity index (χ3v) is 7.91. The molecule has 1 aliphatic rings. The number of phenols is 1. The third-order valence-electron chi connectivity index (χ3n) is 5.29. The fraction of sp³-hybridized carbons (Fsp3) is 0.208. The number of nitrogens with zero attached hydrogens (tertiary/aromatic N) is 2. The molecule has 0 saturated carbocycles. The quantitative estimate of drug-likeness (QED) is 0.324. The van der Waals surface area contributed by atoms with Crippen LogP contribution in [0.4, 0.5) is 0 Å². The summed E-state index contributed by atoms with van der Waals surface area (Å²) in [6, 6.07) is 10.2. The Morgan fingerprint density at radius 2 is 1.88 bits per heavy atom. The van der Waals surface area contributed by atoms with E-state index in [1.54, 1.807) is 43.7 Å². The molecule has 1 unspecified atom stereocenters. The number of esters is 1. The van der Waals surface area contributed by atoms with Crippen LogP contribution in [0.3, 0.4) is 0 Å². The van der Waals surface area contributed by atoms with E-state index < -0.39 is 12.0 Å². The van der Waals surface area contributed by atoms with Crippen LogP contribution in [0.25, 0.3) is 6.08 Å². The second-order valence-corrected chi connectivity index (χ2v) is 10.7. The minimum atomic E-state index is -0.677. The highest BCUT2D eigenvalue weighted by Gasteiger charge is 2.33. The number of carbonyl (C=O) groups excluding carboxylic acids is 1. The molecule has 7 nitrogen and oxygen atoms in total. The first-order valence-electron chi connectivity index (χ1n) is 10.3. The lowest BCUT2D eigenvalue weighted by Gasteiger charge is -2.24. The summed E-state index contributed by atoms with van der Waals surface area (Å²) in [4.78, 5) is 31.6. The highest BCUT2D eigenvalue weighted by Crippen LogP contribution is 2.32. The number of hydrogen-bond acceptors (Lipinski definition) is 7. The van der Waals surface area contributed by atoms with Crippen LogP contribution in [0.1, 0.15) is 31.0 Å². The minimum absolute atomic E-state index is 0.216. The number of phenolic OH excluding ortho intramolecular Hbond substituents is 1. The van der Waals surface area contributed by atoms with Gasteiger partial charge in [-0.25, -0.2) is 9.79 Å². The van der Waals surface area contributed by atoms with Gasteiger partial charge in [0.2, 0.25) is 0 Å². The maximum atomic E-state index is 13.6. The second-order valence-electron chi connectivity index (χ2n) is 7.41. The Balaban J connectivity index is 1.95. The summed E-state index contributed by atoms with van der Waals surface area (Å²) in [5, 5.41) is 10.1. The molecule has 3 aromatic rings. The molecule has 1 N–H and O–H groups in total. The van der Waals surface area contributed by atoms with Crippen molar-refractivity contribution < 1.29 is 19.4 Å². The zero-order chi connectivity index (χ0) is 24.6. The van der Waals surface area contributed by atoms with Crippen LogP contribution in [0.2, 0.25) is 0 Å². The lowest BCUT2D eigenvalue weighted by Crippen LogP contribution is -2.39. The first kappa shape index (κ1) is 24.9. The fourth-order valence-corrected chi connectivity index (χ4v) is 6.58. The van der Waals surface area contributed by atoms with Gasteiger partial charge in [-0.05, 0) is 100 Å². The van der Waals surface area contributed by atoms with E-state index in [2.05, 4.69) is 50.2 Å². The third kappa shape index (κ3) is 4.67. The number of fused-ring (bicyclic) bond motifs is 1. The maximum Gasteiger partial charge on any atom is 0.338 e. The summed E-state index contributed by atoms with van der Waals surface area (Å²) in [6.45, 7) is 3.71. The van der Waals surface area contributed by atoms with Gasteiger partial charge in [-0.1, -0.05) is 23.5 Å². The zero-order valence-corrected chi connectivity index (χ0v) is 23.6. The van der Waals surface area contributed by atoms with Crippen molar-refractivity contribution in [1.82, 2.24) is 4.57 Å². The van der Waals surface area contributed by atoms with Crippen molar-refractivity contribution in [3.05, 3.63) is 85.6 Å². The van der Waals surface area contributed by atoms with Gasteiger partial charge in [-0.3, -0.25) is 9.36 Å². The first-order chi connectivity index (χ1) is 16.2. The number of allylic oxidation sites excluding steroid dienone is 1. The molecular weight excluding hydrogens is 682 g/mol. The molecule has 0 saturated heterocycles. The number of halogens is 2. The highest BCUT2D eigenvalue weighted by atomic mass is 127. The van der Waals surface area contributed by atoms with Crippen molar-refractivity contribution in [1.29, 1.82) is 0 Å². The molecule has 0 fully saturated rings. The molecule has 4 rings (SSSR count). The number of hydrogen-bond donors (Lipinski definition) is 1. The first-order valence-corrected chi connectivity index (χ1v) is 13.2. The van der Waals surface area contributed by atoms with E-state index in [4.69, 9.17) is 9.47 Å².